The molecule has 0 bridgehead atoms. The zero-order chi connectivity index (χ0) is 19.6. The van der Waals surface area contributed by atoms with E-state index in [0.29, 0.717) is 26.4 Å². The van der Waals surface area contributed by atoms with Crippen molar-refractivity contribution in [2.45, 2.75) is 20.3 Å². The van der Waals surface area contributed by atoms with E-state index in [4.69, 9.17) is 16.3 Å². The second-order valence-corrected chi connectivity index (χ2v) is 7.46. The fraction of sp³-hybridized carbons (Fsp3) is 0.333. The van der Waals surface area contributed by atoms with Crippen molar-refractivity contribution in [3.8, 4) is 0 Å². The number of nitrogens with zero attached hydrogens (tertiary/aromatic N) is 2. The Balaban J connectivity index is 1.67. The first-order valence-electron chi connectivity index (χ1n) is 8.40. The molecule has 1 atom stereocenters. The Morgan fingerprint density at radius 1 is 1.37 bits per heavy atom. The number of halogens is 1. The number of aryl methyl sites for hydroxylation is 1. The molecule has 1 aliphatic heterocycles. The summed E-state index contributed by atoms with van der Waals surface area (Å²) < 4.78 is 4.97. The third-order valence-electron chi connectivity index (χ3n) is 4.12. The van der Waals surface area contributed by atoms with Gasteiger partial charge < -0.3 is 15.0 Å². The lowest BCUT2D eigenvalue weighted by molar-refractivity contribution is -0.122. The molecule has 0 saturated carbocycles. The van der Waals surface area contributed by atoms with Gasteiger partial charge in [-0.1, -0.05) is 22.9 Å². The van der Waals surface area contributed by atoms with E-state index in [0.717, 1.165) is 11.3 Å². The molecule has 2 heterocycles. The predicted octanol–water partition coefficient (Wildman–Crippen LogP) is 3.27. The maximum absolute atomic E-state index is 12.5. The zero-order valence-corrected chi connectivity index (χ0v) is 16.4. The first-order valence-corrected chi connectivity index (χ1v) is 9.59. The van der Waals surface area contributed by atoms with Crippen LogP contribution in [0.4, 0.5) is 10.8 Å². The van der Waals surface area contributed by atoms with E-state index in [-0.39, 0.29) is 31.4 Å². The fourth-order valence-corrected chi connectivity index (χ4v) is 3.79. The second-order valence-electron chi connectivity index (χ2n) is 6.03. The molecule has 0 aliphatic carbocycles. The van der Waals surface area contributed by atoms with E-state index in [9.17, 15) is 14.4 Å². The monoisotopic (exact) mass is 407 g/mol. The van der Waals surface area contributed by atoms with Crippen LogP contribution < -0.4 is 10.2 Å². The number of thiazole rings is 1. The average Bonchev–Trinajstić information content (AvgIpc) is 3.19. The predicted molar refractivity (Wildman–Crippen MR) is 103 cm³/mol. The molecule has 0 radical (unpaired) electrons. The number of hydrogen-bond acceptors (Lipinski definition) is 6. The van der Waals surface area contributed by atoms with Gasteiger partial charge >= 0.3 is 5.97 Å². The highest BCUT2D eigenvalue weighted by atomic mass is 35.5. The molecule has 7 nitrogen and oxygen atoms in total. The molecule has 1 N–H and O–H groups in total. The van der Waals surface area contributed by atoms with Crippen LogP contribution in [0.2, 0.25) is 5.02 Å². The molecule has 2 aromatic rings. The van der Waals surface area contributed by atoms with Gasteiger partial charge in [0.1, 0.15) is 4.88 Å². The third-order valence-corrected chi connectivity index (χ3v) is 5.43. The van der Waals surface area contributed by atoms with Crippen LogP contribution in [0.3, 0.4) is 0 Å². The van der Waals surface area contributed by atoms with E-state index >= 15 is 0 Å². The molecule has 1 saturated heterocycles. The van der Waals surface area contributed by atoms with Gasteiger partial charge in [0.25, 0.3) is 0 Å². The number of ether oxygens (including phenoxy) is 1. The topological polar surface area (TPSA) is 88.6 Å². The van der Waals surface area contributed by atoms with Crippen molar-refractivity contribution >= 4 is 51.5 Å². The smallest absolute Gasteiger partial charge is 0.350 e. The normalized spacial score (nSPS) is 16.5. The van der Waals surface area contributed by atoms with Crippen LogP contribution in [0, 0.1) is 12.8 Å². The second kappa shape index (κ2) is 8.06. The lowest BCUT2D eigenvalue weighted by Crippen LogP contribution is -2.28. The molecular weight excluding hydrogens is 390 g/mol. The zero-order valence-electron chi connectivity index (χ0n) is 14.8. The van der Waals surface area contributed by atoms with Crippen molar-refractivity contribution in [1.29, 1.82) is 0 Å². The number of anilines is 2. The molecule has 1 unspecified atom stereocenters. The van der Waals surface area contributed by atoms with Gasteiger partial charge in [0.15, 0.2) is 5.13 Å². The summed E-state index contributed by atoms with van der Waals surface area (Å²) in [5.74, 6) is -1.38. The van der Waals surface area contributed by atoms with Crippen LogP contribution in [-0.4, -0.2) is 35.9 Å². The van der Waals surface area contributed by atoms with E-state index in [1.807, 2.05) is 0 Å². The molecule has 9 heteroatoms. The summed E-state index contributed by atoms with van der Waals surface area (Å²) in [5.41, 5.74) is 1.20. The SMILES string of the molecule is CCOC(=O)c1sc(NC(=O)C2CC(=O)N(c3ccc(Cl)cc3)C2)nc1C. The number of esters is 1. The number of rotatable bonds is 5. The molecule has 0 spiro atoms. The van der Waals surface area contributed by atoms with Gasteiger partial charge in [-0.15, -0.1) is 0 Å². The van der Waals surface area contributed by atoms with Crippen LogP contribution in [-0.2, 0) is 14.3 Å². The summed E-state index contributed by atoms with van der Waals surface area (Å²) in [4.78, 5) is 42.8. The van der Waals surface area contributed by atoms with Crippen LogP contribution in [0.1, 0.15) is 28.7 Å². The Labute approximate surface area is 165 Å². The molecule has 142 valence electrons. The molecule has 2 amide bonds. The Kier molecular flexibility index (Phi) is 5.76. The lowest BCUT2D eigenvalue weighted by atomic mass is 10.1. The summed E-state index contributed by atoms with van der Waals surface area (Å²) in [6, 6.07) is 6.90. The van der Waals surface area contributed by atoms with E-state index in [1.54, 1.807) is 43.0 Å². The largest absolute Gasteiger partial charge is 0.462 e. The standard InChI is InChI=1S/C18H18ClN3O4S/c1-3-26-17(25)15-10(2)20-18(27-15)21-16(24)11-8-14(23)22(9-11)13-6-4-12(19)5-7-13/h4-7,11H,3,8-9H2,1-2H3,(H,20,21,24). The van der Waals surface area contributed by atoms with Gasteiger partial charge in [-0.2, -0.15) is 0 Å². The molecule has 1 aliphatic rings. The maximum Gasteiger partial charge on any atom is 0.350 e. The Hall–Kier alpha value is -2.45. The van der Waals surface area contributed by atoms with Crippen LogP contribution >= 0.6 is 22.9 Å². The van der Waals surface area contributed by atoms with E-state index < -0.39 is 11.9 Å². The van der Waals surface area contributed by atoms with Crippen molar-refractivity contribution < 1.29 is 19.1 Å². The van der Waals surface area contributed by atoms with E-state index in [1.165, 1.54) is 0 Å². The number of carbonyl (C=O) groups excluding carboxylic acids is 3. The van der Waals surface area contributed by atoms with Gasteiger partial charge in [0.2, 0.25) is 11.8 Å². The lowest BCUT2D eigenvalue weighted by Gasteiger charge is -2.16. The van der Waals surface area contributed by atoms with E-state index in [2.05, 4.69) is 10.3 Å². The average molecular weight is 408 g/mol. The summed E-state index contributed by atoms with van der Waals surface area (Å²) in [6.45, 7) is 3.95. The molecule has 1 aromatic carbocycles. The highest BCUT2D eigenvalue weighted by Crippen LogP contribution is 2.28. The van der Waals surface area contributed by atoms with Gasteiger partial charge in [0.05, 0.1) is 18.2 Å². The molecule has 1 aromatic heterocycles. The van der Waals surface area contributed by atoms with Gasteiger partial charge in [-0.3, -0.25) is 9.59 Å². The summed E-state index contributed by atoms with van der Waals surface area (Å²) in [7, 11) is 0. The van der Waals surface area contributed by atoms with Crippen molar-refractivity contribution in [1.82, 2.24) is 4.98 Å². The number of carbonyl (C=O) groups is 3. The van der Waals surface area contributed by atoms with Crippen molar-refractivity contribution in [3.05, 3.63) is 39.9 Å². The molecule has 27 heavy (non-hydrogen) atoms. The summed E-state index contributed by atoms with van der Waals surface area (Å²) >= 11 is 6.94. The number of amides is 2. The summed E-state index contributed by atoms with van der Waals surface area (Å²) in [6.07, 6.45) is 0.115. The number of aromatic nitrogens is 1. The first kappa shape index (κ1) is 19.3. The Morgan fingerprint density at radius 3 is 2.74 bits per heavy atom. The Bertz CT molecular complexity index is 881. The number of benzene rings is 1. The van der Waals surface area contributed by atoms with Gasteiger partial charge in [-0.25, -0.2) is 9.78 Å². The molecule has 1 fully saturated rings. The summed E-state index contributed by atoms with van der Waals surface area (Å²) in [5, 5.41) is 3.60. The van der Waals surface area contributed by atoms with Crippen molar-refractivity contribution in [3.63, 3.8) is 0 Å². The first-order chi connectivity index (χ1) is 12.9. The van der Waals surface area contributed by atoms with Crippen molar-refractivity contribution in [2.75, 3.05) is 23.4 Å². The highest BCUT2D eigenvalue weighted by Gasteiger charge is 2.35. The highest BCUT2D eigenvalue weighted by molar-refractivity contribution is 7.17. The van der Waals surface area contributed by atoms with Crippen LogP contribution in [0.25, 0.3) is 0 Å². The van der Waals surface area contributed by atoms with Gasteiger partial charge in [0, 0.05) is 23.7 Å². The van der Waals surface area contributed by atoms with Crippen LogP contribution in [0.5, 0.6) is 0 Å². The molecule has 3 rings (SSSR count). The minimum atomic E-state index is -0.497. The number of nitrogens with one attached hydrogen (secondary N) is 1. The minimum Gasteiger partial charge on any atom is -0.462 e. The minimum absolute atomic E-state index is 0.115. The van der Waals surface area contributed by atoms with Crippen molar-refractivity contribution in [2.24, 2.45) is 5.92 Å². The van der Waals surface area contributed by atoms with Crippen LogP contribution in [0.15, 0.2) is 24.3 Å². The van der Waals surface area contributed by atoms with Gasteiger partial charge in [-0.05, 0) is 38.1 Å². The fourth-order valence-electron chi connectivity index (χ4n) is 2.80. The quantitative estimate of drug-likeness (QED) is 0.768. The maximum atomic E-state index is 12.5. The molecular formula is C18H18ClN3O4S. The number of hydrogen-bond donors (Lipinski definition) is 1. The Morgan fingerprint density at radius 2 is 2.07 bits per heavy atom. The third kappa shape index (κ3) is 4.28.